The molecule has 1 amide bonds. The number of amides is 1. The van der Waals surface area contributed by atoms with Crippen LogP contribution in [0.25, 0.3) is 0 Å². The fourth-order valence-electron chi connectivity index (χ4n) is 1.72. The molecule has 0 aliphatic carbocycles. The van der Waals surface area contributed by atoms with Gasteiger partial charge in [0.15, 0.2) is 0 Å². The topological polar surface area (TPSA) is 58.6 Å². The van der Waals surface area contributed by atoms with Crippen molar-refractivity contribution in [3.8, 4) is 11.5 Å². The number of benzene rings is 2. The van der Waals surface area contributed by atoms with Crippen molar-refractivity contribution in [1.29, 1.82) is 0 Å². The lowest BCUT2D eigenvalue weighted by molar-refractivity contribution is 0.0950. The normalized spacial score (nSPS) is 9.95. The second-order valence-corrected chi connectivity index (χ2v) is 4.08. The van der Waals surface area contributed by atoms with E-state index in [4.69, 9.17) is 4.74 Å². The zero-order valence-corrected chi connectivity index (χ0v) is 10.6. The number of aromatic hydroxyl groups is 1. The van der Waals surface area contributed by atoms with Gasteiger partial charge in [0.05, 0.1) is 7.11 Å². The van der Waals surface area contributed by atoms with Crippen LogP contribution in [0.1, 0.15) is 15.9 Å². The quantitative estimate of drug-likeness (QED) is 0.883. The van der Waals surface area contributed by atoms with Gasteiger partial charge in [-0.3, -0.25) is 4.79 Å². The van der Waals surface area contributed by atoms with E-state index in [0.29, 0.717) is 17.9 Å². The molecule has 2 N–H and O–H groups in total. The Labute approximate surface area is 111 Å². The van der Waals surface area contributed by atoms with Crippen molar-refractivity contribution in [2.75, 3.05) is 7.11 Å². The van der Waals surface area contributed by atoms with Crippen LogP contribution in [0.4, 0.5) is 0 Å². The van der Waals surface area contributed by atoms with Crippen LogP contribution in [0.2, 0.25) is 0 Å². The van der Waals surface area contributed by atoms with Crippen LogP contribution in [-0.2, 0) is 6.54 Å². The van der Waals surface area contributed by atoms with Gasteiger partial charge in [0.1, 0.15) is 11.5 Å². The molecule has 0 bridgehead atoms. The van der Waals surface area contributed by atoms with Gasteiger partial charge < -0.3 is 15.2 Å². The highest BCUT2D eigenvalue weighted by atomic mass is 16.5. The molecule has 0 saturated carbocycles. The lowest BCUT2D eigenvalue weighted by Crippen LogP contribution is -2.22. The van der Waals surface area contributed by atoms with E-state index in [1.54, 1.807) is 49.6 Å². The molecule has 0 atom stereocenters. The first-order valence-electron chi connectivity index (χ1n) is 5.89. The monoisotopic (exact) mass is 257 g/mol. The first-order chi connectivity index (χ1) is 9.19. The van der Waals surface area contributed by atoms with Gasteiger partial charge in [-0.15, -0.1) is 0 Å². The van der Waals surface area contributed by atoms with Crippen LogP contribution in [0.15, 0.2) is 48.5 Å². The van der Waals surface area contributed by atoms with E-state index < -0.39 is 0 Å². The van der Waals surface area contributed by atoms with Gasteiger partial charge in [0.2, 0.25) is 0 Å². The number of carbonyl (C=O) groups excluding carboxylic acids is 1. The minimum Gasteiger partial charge on any atom is -0.508 e. The van der Waals surface area contributed by atoms with Crippen molar-refractivity contribution in [3.63, 3.8) is 0 Å². The maximum absolute atomic E-state index is 11.9. The summed E-state index contributed by atoms with van der Waals surface area (Å²) in [7, 11) is 1.56. The third kappa shape index (κ3) is 3.48. The fourth-order valence-corrected chi connectivity index (χ4v) is 1.72. The second-order valence-electron chi connectivity index (χ2n) is 4.08. The van der Waals surface area contributed by atoms with Crippen molar-refractivity contribution in [1.82, 2.24) is 5.32 Å². The Morgan fingerprint density at radius 1 is 1.21 bits per heavy atom. The average molecular weight is 257 g/mol. The Balaban J connectivity index is 2.01. The molecule has 0 aliphatic heterocycles. The van der Waals surface area contributed by atoms with Crippen LogP contribution < -0.4 is 10.1 Å². The van der Waals surface area contributed by atoms with Gasteiger partial charge in [0.25, 0.3) is 5.91 Å². The highest BCUT2D eigenvalue weighted by Crippen LogP contribution is 2.13. The number of phenolic OH excluding ortho intramolecular Hbond substituents is 1. The fraction of sp³-hybridized carbons (Fsp3) is 0.133. The number of nitrogens with one attached hydrogen (secondary N) is 1. The molecule has 0 radical (unpaired) electrons. The summed E-state index contributed by atoms with van der Waals surface area (Å²) in [6, 6.07) is 13.7. The number of hydrogen-bond donors (Lipinski definition) is 2. The molecule has 0 unspecified atom stereocenters. The molecule has 2 aromatic rings. The van der Waals surface area contributed by atoms with Crippen LogP contribution in [0.3, 0.4) is 0 Å². The number of rotatable bonds is 4. The summed E-state index contributed by atoms with van der Waals surface area (Å²) in [4.78, 5) is 11.9. The highest BCUT2D eigenvalue weighted by molar-refractivity contribution is 5.94. The molecular weight excluding hydrogens is 242 g/mol. The van der Waals surface area contributed by atoms with Crippen molar-refractivity contribution in [2.24, 2.45) is 0 Å². The molecule has 0 aliphatic rings. The van der Waals surface area contributed by atoms with E-state index >= 15 is 0 Å². The van der Waals surface area contributed by atoms with Gasteiger partial charge >= 0.3 is 0 Å². The van der Waals surface area contributed by atoms with Gasteiger partial charge in [-0.1, -0.05) is 18.2 Å². The lowest BCUT2D eigenvalue weighted by atomic mass is 10.2. The smallest absolute Gasteiger partial charge is 0.251 e. The number of methoxy groups -OCH3 is 1. The summed E-state index contributed by atoms with van der Waals surface area (Å²) in [6.45, 7) is 0.366. The number of hydrogen-bond acceptors (Lipinski definition) is 3. The van der Waals surface area contributed by atoms with Crippen LogP contribution in [0, 0.1) is 0 Å². The molecule has 4 nitrogen and oxygen atoms in total. The van der Waals surface area contributed by atoms with Crippen molar-refractivity contribution >= 4 is 5.91 Å². The molecule has 0 fully saturated rings. The van der Waals surface area contributed by atoms with Gasteiger partial charge in [-0.05, 0) is 35.9 Å². The zero-order valence-electron chi connectivity index (χ0n) is 10.6. The van der Waals surface area contributed by atoms with E-state index in [-0.39, 0.29) is 11.7 Å². The first kappa shape index (κ1) is 13.0. The SMILES string of the molecule is COc1cccc(C(=O)NCc2cccc(O)c2)c1. The molecule has 2 rings (SSSR count). The van der Waals surface area contributed by atoms with E-state index in [9.17, 15) is 9.90 Å². The Bertz CT molecular complexity index is 581. The van der Waals surface area contributed by atoms with Crippen LogP contribution >= 0.6 is 0 Å². The maximum Gasteiger partial charge on any atom is 0.251 e. The number of carbonyl (C=O) groups is 1. The Hall–Kier alpha value is -2.49. The largest absolute Gasteiger partial charge is 0.508 e. The molecule has 0 heterocycles. The summed E-state index contributed by atoms with van der Waals surface area (Å²) < 4.78 is 5.07. The Morgan fingerprint density at radius 2 is 2.00 bits per heavy atom. The molecule has 0 aromatic heterocycles. The summed E-state index contributed by atoms with van der Waals surface area (Å²) in [5.41, 5.74) is 1.38. The highest BCUT2D eigenvalue weighted by Gasteiger charge is 2.06. The molecule has 2 aromatic carbocycles. The lowest BCUT2D eigenvalue weighted by Gasteiger charge is -2.07. The third-order valence-corrected chi connectivity index (χ3v) is 2.70. The van der Waals surface area contributed by atoms with Gasteiger partial charge in [-0.25, -0.2) is 0 Å². The third-order valence-electron chi connectivity index (χ3n) is 2.70. The molecule has 19 heavy (non-hydrogen) atoms. The summed E-state index contributed by atoms with van der Waals surface area (Å²) in [5.74, 6) is 0.653. The van der Waals surface area contributed by atoms with Crippen LogP contribution in [-0.4, -0.2) is 18.1 Å². The minimum atomic E-state index is -0.178. The van der Waals surface area contributed by atoms with E-state index in [2.05, 4.69) is 5.32 Å². The Kier molecular flexibility index (Phi) is 4.03. The number of ether oxygens (including phenoxy) is 1. The van der Waals surface area contributed by atoms with E-state index in [1.807, 2.05) is 6.07 Å². The second kappa shape index (κ2) is 5.91. The van der Waals surface area contributed by atoms with Gasteiger partial charge in [-0.2, -0.15) is 0 Å². The predicted octanol–water partition coefficient (Wildman–Crippen LogP) is 2.33. The first-order valence-corrected chi connectivity index (χ1v) is 5.89. The molecule has 0 saturated heterocycles. The van der Waals surface area contributed by atoms with E-state index in [1.165, 1.54) is 0 Å². The van der Waals surface area contributed by atoms with Crippen molar-refractivity contribution < 1.29 is 14.6 Å². The maximum atomic E-state index is 11.9. The van der Waals surface area contributed by atoms with Crippen molar-refractivity contribution in [3.05, 3.63) is 59.7 Å². The molecule has 98 valence electrons. The number of phenols is 1. The molecule has 4 heteroatoms. The van der Waals surface area contributed by atoms with Gasteiger partial charge in [0, 0.05) is 12.1 Å². The molecule has 0 spiro atoms. The van der Waals surface area contributed by atoms with E-state index in [0.717, 1.165) is 5.56 Å². The van der Waals surface area contributed by atoms with Crippen molar-refractivity contribution in [2.45, 2.75) is 6.54 Å². The molecular formula is C15H15NO3. The summed E-state index contributed by atoms with van der Waals surface area (Å²) in [5, 5.41) is 12.1. The predicted molar refractivity (Wildman–Crippen MR) is 72.3 cm³/mol. The van der Waals surface area contributed by atoms with Crippen LogP contribution in [0.5, 0.6) is 11.5 Å². The average Bonchev–Trinajstić information content (AvgIpc) is 2.45. The zero-order chi connectivity index (χ0) is 13.7. The minimum absolute atomic E-state index is 0.178. The summed E-state index contributed by atoms with van der Waals surface area (Å²) in [6.07, 6.45) is 0. The summed E-state index contributed by atoms with van der Waals surface area (Å²) >= 11 is 0. The Morgan fingerprint density at radius 3 is 2.74 bits per heavy atom. The standard InChI is InChI=1S/C15H15NO3/c1-19-14-7-3-5-12(9-14)15(18)16-10-11-4-2-6-13(17)8-11/h2-9,17H,10H2,1H3,(H,16,18).